The molecule has 0 aliphatic heterocycles. The minimum atomic E-state index is 0.423. The number of hydrogen-bond acceptors (Lipinski definition) is 1. The van der Waals surface area contributed by atoms with Crippen molar-refractivity contribution in [2.24, 2.45) is 17.6 Å². The van der Waals surface area contributed by atoms with Gasteiger partial charge in [0.15, 0.2) is 0 Å². The first-order valence-electron chi connectivity index (χ1n) is 5.81. The Morgan fingerprint density at radius 3 is 2.15 bits per heavy atom. The quantitative estimate of drug-likeness (QED) is 0.644. The van der Waals surface area contributed by atoms with Crippen LogP contribution in [0.1, 0.15) is 59.8 Å². The first-order valence-corrected chi connectivity index (χ1v) is 5.81. The van der Waals surface area contributed by atoms with Crippen LogP contribution < -0.4 is 5.73 Å². The van der Waals surface area contributed by atoms with Crippen LogP contribution >= 0.6 is 0 Å². The lowest BCUT2D eigenvalue weighted by molar-refractivity contribution is 0.383. The van der Waals surface area contributed by atoms with Crippen molar-refractivity contribution in [2.45, 2.75) is 65.8 Å². The van der Waals surface area contributed by atoms with Crippen LogP contribution in [0.15, 0.2) is 0 Å². The molecule has 0 heterocycles. The largest absolute Gasteiger partial charge is 0.328 e. The molecule has 0 saturated carbocycles. The molecular formula is C12H27N. The lowest BCUT2D eigenvalue weighted by Gasteiger charge is -2.18. The molecule has 0 aliphatic carbocycles. The summed E-state index contributed by atoms with van der Waals surface area (Å²) in [5, 5.41) is 0. The standard InChI is InChI=1S/C12H27N/c1-5-6-7-11(4)9-12(13)8-10(2)3/h10-12H,5-9,13H2,1-4H3. The highest BCUT2D eigenvalue weighted by atomic mass is 14.6. The van der Waals surface area contributed by atoms with E-state index in [-0.39, 0.29) is 0 Å². The summed E-state index contributed by atoms with van der Waals surface area (Å²) in [6, 6.07) is 0.423. The highest BCUT2D eigenvalue weighted by molar-refractivity contribution is 4.67. The molecule has 0 aliphatic rings. The van der Waals surface area contributed by atoms with Crippen molar-refractivity contribution in [1.29, 1.82) is 0 Å². The maximum atomic E-state index is 6.05. The van der Waals surface area contributed by atoms with Gasteiger partial charge in [0.25, 0.3) is 0 Å². The molecule has 0 fully saturated rings. The van der Waals surface area contributed by atoms with Crippen LogP contribution in [0.3, 0.4) is 0 Å². The van der Waals surface area contributed by atoms with Gasteiger partial charge in [-0.15, -0.1) is 0 Å². The topological polar surface area (TPSA) is 26.0 Å². The van der Waals surface area contributed by atoms with E-state index >= 15 is 0 Å². The SMILES string of the molecule is CCCCC(C)CC(N)CC(C)C. The second-order valence-electron chi connectivity index (χ2n) is 4.87. The molecule has 0 spiro atoms. The van der Waals surface area contributed by atoms with Gasteiger partial charge in [0, 0.05) is 6.04 Å². The van der Waals surface area contributed by atoms with Gasteiger partial charge in [-0.1, -0.05) is 47.0 Å². The van der Waals surface area contributed by atoms with E-state index < -0.39 is 0 Å². The van der Waals surface area contributed by atoms with Gasteiger partial charge in [0.2, 0.25) is 0 Å². The molecule has 0 radical (unpaired) electrons. The summed E-state index contributed by atoms with van der Waals surface area (Å²) in [6.45, 7) is 9.07. The number of hydrogen-bond donors (Lipinski definition) is 1. The van der Waals surface area contributed by atoms with Gasteiger partial charge in [-0.3, -0.25) is 0 Å². The van der Waals surface area contributed by atoms with Gasteiger partial charge in [0.05, 0.1) is 0 Å². The monoisotopic (exact) mass is 185 g/mol. The molecule has 2 N–H and O–H groups in total. The highest BCUT2D eigenvalue weighted by Gasteiger charge is 2.09. The summed E-state index contributed by atoms with van der Waals surface area (Å²) in [4.78, 5) is 0. The molecular weight excluding hydrogens is 158 g/mol. The Hall–Kier alpha value is -0.0400. The van der Waals surface area contributed by atoms with Crippen LogP contribution in [0.2, 0.25) is 0 Å². The van der Waals surface area contributed by atoms with Gasteiger partial charge in [-0.05, 0) is 24.7 Å². The summed E-state index contributed by atoms with van der Waals surface area (Å²) in [5.41, 5.74) is 6.05. The fraction of sp³-hybridized carbons (Fsp3) is 1.00. The van der Waals surface area contributed by atoms with Crippen molar-refractivity contribution >= 4 is 0 Å². The Kier molecular flexibility index (Phi) is 7.35. The lowest BCUT2D eigenvalue weighted by Crippen LogP contribution is -2.24. The average molecular weight is 185 g/mol. The van der Waals surface area contributed by atoms with Crippen LogP contribution in [0.25, 0.3) is 0 Å². The minimum Gasteiger partial charge on any atom is -0.328 e. The molecule has 0 rings (SSSR count). The van der Waals surface area contributed by atoms with Crippen LogP contribution in [-0.2, 0) is 0 Å². The highest BCUT2D eigenvalue weighted by Crippen LogP contribution is 2.16. The van der Waals surface area contributed by atoms with E-state index in [2.05, 4.69) is 27.7 Å². The summed E-state index contributed by atoms with van der Waals surface area (Å²) in [5.74, 6) is 1.56. The Bertz CT molecular complexity index is 110. The third kappa shape index (κ3) is 8.29. The van der Waals surface area contributed by atoms with Crippen molar-refractivity contribution in [1.82, 2.24) is 0 Å². The van der Waals surface area contributed by atoms with Crippen molar-refractivity contribution < 1.29 is 0 Å². The Morgan fingerprint density at radius 1 is 1.08 bits per heavy atom. The van der Waals surface area contributed by atoms with Gasteiger partial charge < -0.3 is 5.73 Å². The number of rotatable bonds is 7. The van der Waals surface area contributed by atoms with Crippen LogP contribution in [0.4, 0.5) is 0 Å². The normalized spacial score (nSPS) is 16.2. The molecule has 13 heavy (non-hydrogen) atoms. The van der Waals surface area contributed by atoms with E-state index in [1.165, 1.54) is 32.1 Å². The zero-order valence-corrected chi connectivity index (χ0v) is 9.84. The Balaban J connectivity index is 3.46. The van der Waals surface area contributed by atoms with Crippen molar-refractivity contribution in [2.75, 3.05) is 0 Å². The second-order valence-corrected chi connectivity index (χ2v) is 4.87. The molecule has 0 aromatic heterocycles. The molecule has 2 atom stereocenters. The summed E-state index contributed by atoms with van der Waals surface area (Å²) in [7, 11) is 0. The van der Waals surface area contributed by atoms with Crippen molar-refractivity contribution in [3.63, 3.8) is 0 Å². The molecule has 0 bridgehead atoms. The molecule has 1 nitrogen and oxygen atoms in total. The van der Waals surface area contributed by atoms with Gasteiger partial charge in [-0.2, -0.15) is 0 Å². The van der Waals surface area contributed by atoms with Crippen LogP contribution in [0.5, 0.6) is 0 Å². The Morgan fingerprint density at radius 2 is 1.69 bits per heavy atom. The lowest BCUT2D eigenvalue weighted by atomic mass is 9.92. The minimum absolute atomic E-state index is 0.423. The van der Waals surface area contributed by atoms with E-state index in [4.69, 9.17) is 5.73 Å². The molecule has 2 unspecified atom stereocenters. The van der Waals surface area contributed by atoms with Gasteiger partial charge in [-0.25, -0.2) is 0 Å². The number of nitrogens with two attached hydrogens (primary N) is 1. The van der Waals surface area contributed by atoms with E-state index in [9.17, 15) is 0 Å². The van der Waals surface area contributed by atoms with Crippen molar-refractivity contribution in [3.05, 3.63) is 0 Å². The summed E-state index contributed by atoms with van der Waals surface area (Å²) in [6.07, 6.45) is 6.40. The zero-order valence-electron chi connectivity index (χ0n) is 9.84. The average Bonchev–Trinajstić information content (AvgIpc) is 1.98. The Labute approximate surface area is 84.1 Å². The predicted molar refractivity (Wildman–Crippen MR) is 60.7 cm³/mol. The van der Waals surface area contributed by atoms with E-state index in [1.54, 1.807) is 0 Å². The second kappa shape index (κ2) is 7.37. The molecule has 0 amide bonds. The number of unbranched alkanes of at least 4 members (excludes halogenated alkanes) is 1. The third-order valence-electron chi connectivity index (χ3n) is 2.53. The summed E-state index contributed by atoms with van der Waals surface area (Å²) < 4.78 is 0. The molecule has 80 valence electrons. The van der Waals surface area contributed by atoms with Crippen molar-refractivity contribution in [3.8, 4) is 0 Å². The molecule has 1 heteroatoms. The van der Waals surface area contributed by atoms with Gasteiger partial charge >= 0.3 is 0 Å². The van der Waals surface area contributed by atoms with Crippen LogP contribution in [-0.4, -0.2) is 6.04 Å². The van der Waals surface area contributed by atoms with Gasteiger partial charge in [0.1, 0.15) is 0 Å². The van der Waals surface area contributed by atoms with Crippen LogP contribution in [0, 0.1) is 11.8 Å². The third-order valence-corrected chi connectivity index (χ3v) is 2.53. The molecule has 0 aromatic rings. The fourth-order valence-corrected chi connectivity index (χ4v) is 1.89. The smallest absolute Gasteiger partial charge is 0.00437 e. The molecule has 0 aromatic carbocycles. The zero-order chi connectivity index (χ0) is 10.3. The maximum Gasteiger partial charge on any atom is 0.00437 e. The first kappa shape index (κ1) is 13.0. The summed E-state index contributed by atoms with van der Waals surface area (Å²) >= 11 is 0. The maximum absolute atomic E-state index is 6.05. The predicted octanol–water partition coefficient (Wildman–Crippen LogP) is 3.58. The first-order chi connectivity index (χ1) is 6.06. The van der Waals surface area contributed by atoms with E-state index in [0.717, 1.165) is 11.8 Å². The van der Waals surface area contributed by atoms with E-state index in [0.29, 0.717) is 6.04 Å². The molecule has 0 saturated heterocycles. The fourth-order valence-electron chi connectivity index (χ4n) is 1.89. The van der Waals surface area contributed by atoms with E-state index in [1.807, 2.05) is 0 Å².